The maximum absolute atomic E-state index is 13.6. The second-order valence-corrected chi connectivity index (χ2v) is 4.56. The standard InChI is InChI=1S/C16H16F2O3/c1-20-12-5-6-16(21-2)13(9-12)15(19)7-10-3-4-11(17)8-14(10)18/h3-6,8-9,15,19H,7H2,1-2H3. The summed E-state index contributed by atoms with van der Waals surface area (Å²) in [6, 6.07) is 8.27. The third-order valence-electron chi connectivity index (χ3n) is 3.22. The molecule has 0 amide bonds. The number of methoxy groups -OCH3 is 2. The Hall–Kier alpha value is -2.14. The van der Waals surface area contributed by atoms with Gasteiger partial charge in [-0.3, -0.25) is 0 Å². The highest BCUT2D eigenvalue weighted by Crippen LogP contribution is 2.31. The van der Waals surface area contributed by atoms with Crippen molar-refractivity contribution < 1.29 is 23.4 Å². The lowest BCUT2D eigenvalue weighted by Crippen LogP contribution is -2.06. The molecule has 1 unspecified atom stereocenters. The third-order valence-corrected chi connectivity index (χ3v) is 3.22. The smallest absolute Gasteiger partial charge is 0.129 e. The number of benzene rings is 2. The lowest BCUT2D eigenvalue weighted by molar-refractivity contribution is 0.172. The highest BCUT2D eigenvalue weighted by molar-refractivity contribution is 5.42. The van der Waals surface area contributed by atoms with E-state index in [-0.39, 0.29) is 12.0 Å². The van der Waals surface area contributed by atoms with E-state index < -0.39 is 17.7 Å². The van der Waals surface area contributed by atoms with Crippen molar-refractivity contribution in [1.82, 2.24) is 0 Å². The highest BCUT2D eigenvalue weighted by Gasteiger charge is 2.17. The van der Waals surface area contributed by atoms with Crippen molar-refractivity contribution in [3.63, 3.8) is 0 Å². The zero-order chi connectivity index (χ0) is 15.4. The first-order valence-electron chi connectivity index (χ1n) is 6.39. The Morgan fingerprint density at radius 1 is 1.05 bits per heavy atom. The summed E-state index contributed by atoms with van der Waals surface area (Å²) in [6.07, 6.45) is -0.981. The largest absolute Gasteiger partial charge is 0.497 e. The van der Waals surface area contributed by atoms with E-state index in [1.807, 2.05) is 0 Å². The predicted octanol–water partition coefficient (Wildman–Crippen LogP) is 3.26. The topological polar surface area (TPSA) is 38.7 Å². The maximum Gasteiger partial charge on any atom is 0.129 e. The van der Waals surface area contributed by atoms with Crippen molar-refractivity contribution in [1.29, 1.82) is 0 Å². The van der Waals surface area contributed by atoms with Crippen molar-refractivity contribution in [2.75, 3.05) is 14.2 Å². The molecule has 0 heterocycles. The molecule has 2 aromatic carbocycles. The van der Waals surface area contributed by atoms with E-state index in [1.54, 1.807) is 18.2 Å². The molecule has 1 N–H and O–H groups in total. The summed E-state index contributed by atoms with van der Waals surface area (Å²) < 4.78 is 36.8. The number of rotatable bonds is 5. The van der Waals surface area contributed by atoms with Crippen molar-refractivity contribution in [3.8, 4) is 11.5 Å². The van der Waals surface area contributed by atoms with Crippen LogP contribution in [0.4, 0.5) is 8.78 Å². The van der Waals surface area contributed by atoms with E-state index in [1.165, 1.54) is 20.3 Å². The molecule has 2 aromatic rings. The number of ether oxygens (including phenoxy) is 2. The van der Waals surface area contributed by atoms with Crippen LogP contribution in [-0.2, 0) is 6.42 Å². The maximum atomic E-state index is 13.6. The van der Waals surface area contributed by atoms with Crippen LogP contribution in [0, 0.1) is 11.6 Å². The molecule has 21 heavy (non-hydrogen) atoms. The summed E-state index contributed by atoms with van der Waals surface area (Å²) in [5, 5.41) is 10.3. The highest BCUT2D eigenvalue weighted by atomic mass is 19.1. The van der Waals surface area contributed by atoms with E-state index in [0.717, 1.165) is 12.1 Å². The lowest BCUT2D eigenvalue weighted by atomic mass is 10.00. The Balaban J connectivity index is 2.28. The Kier molecular flexibility index (Phi) is 4.75. The Morgan fingerprint density at radius 2 is 1.81 bits per heavy atom. The summed E-state index contributed by atoms with van der Waals surface area (Å²) in [6.45, 7) is 0. The first-order chi connectivity index (χ1) is 10.0. The second-order valence-electron chi connectivity index (χ2n) is 4.56. The second kappa shape index (κ2) is 6.54. The molecule has 0 radical (unpaired) electrons. The van der Waals surface area contributed by atoms with Gasteiger partial charge in [0.15, 0.2) is 0 Å². The van der Waals surface area contributed by atoms with Gasteiger partial charge < -0.3 is 14.6 Å². The molecule has 0 saturated carbocycles. The molecule has 1 atom stereocenters. The molecular weight excluding hydrogens is 278 g/mol. The van der Waals surface area contributed by atoms with Gasteiger partial charge in [-0.2, -0.15) is 0 Å². The fourth-order valence-corrected chi connectivity index (χ4v) is 2.11. The van der Waals surface area contributed by atoms with E-state index in [0.29, 0.717) is 17.1 Å². The molecule has 0 saturated heterocycles. The van der Waals surface area contributed by atoms with Crippen LogP contribution in [0.1, 0.15) is 17.2 Å². The molecule has 0 aliphatic carbocycles. The Labute approximate surface area is 121 Å². The van der Waals surface area contributed by atoms with Crippen LogP contribution in [0.25, 0.3) is 0 Å². The van der Waals surface area contributed by atoms with Gasteiger partial charge in [0, 0.05) is 18.1 Å². The summed E-state index contributed by atoms with van der Waals surface area (Å²) >= 11 is 0. The molecule has 0 fully saturated rings. The first-order valence-corrected chi connectivity index (χ1v) is 6.39. The molecule has 0 aromatic heterocycles. The molecular formula is C16H16F2O3. The minimum atomic E-state index is -0.991. The van der Waals surface area contributed by atoms with Crippen LogP contribution in [0.15, 0.2) is 36.4 Å². The van der Waals surface area contributed by atoms with Gasteiger partial charge in [0.25, 0.3) is 0 Å². The summed E-state index contributed by atoms with van der Waals surface area (Å²) in [5.41, 5.74) is 0.717. The molecule has 0 bridgehead atoms. The van der Waals surface area contributed by atoms with Gasteiger partial charge in [-0.25, -0.2) is 8.78 Å². The van der Waals surface area contributed by atoms with Crippen LogP contribution in [-0.4, -0.2) is 19.3 Å². The van der Waals surface area contributed by atoms with Crippen LogP contribution in [0.5, 0.6) is 11.5 Å². The SMILES string of the molecule is COc1ccc(OC)c(C(O)Cc2ccc(F)cc2F)c1. The number of halogens is 2. The van der Waals surface area contributed by atoms with E-state index >= 15 is 0 Å². The monoisotopic (exact) mass is 294 g/mol. The van der Waals surface area contributed by atoms with Gasteiger partial charge in [0.2, 0.25) is 0 Å². The molecule has 2 rings (SSSR count). The normalized spacial score (nSPS) is 12.0. The minimum Gasteiger partial charge on any atom is -0.497 e. The zero-order valence-electron chi connectivity index (χ0n) is 11.8. The Morgan fingerprint density at radius 3 is 2.43 bits per heavy atom. The molecule has 112 valence electrons. The van der Waals surface area contributed by atoms with Crippen LogP contribution in [0.2, 0.25) is 0 Å². The number of aliphatic hydroxyl groups is 1. The van der Waals surface area contributed by atoms with Crippen LogP contribution >= 0.6 is 0 Å². The van der Waals surface area contributed by atoms with Crippen molar-refractivity contribution in [2.24, 2.45) is 0 Å². The average molecular weight is 294 g/mol. The molecule has 5 heteroatoms. The van der Waals surface area contributed by atoms with Crippen molar-refractivity contribution in [2.45, 2.75) is 12.5 Å². The summed E-state index contributed by atoms with van der Waals surface area (Å²) in [4.78, 5) is 0. The van der Waals surface area contributed by atoms with Gasteiger partial charge >= 0.3 is 0 Å². The van der Waals surface area contributed by atoms with Crippen LogP contribution in [0.3, 0.4) is 0 Å². The third kappa shape index (κ3) is 3.49. The van der Waals surface area contributed by atoms with Gasteiger partial charge in [-0.05, 0) is 29.8 Å². The van der Waals surface area contributed by atoms with Gasteiger partial charge in [-0.1, -0.05) is 6.07 Å². The Bertz CT molecular complexity index is 629. The van der Waals surface area contributed by atoms with Crippen LogP contribution < -0.4 is 9.47 Å². The zero-order valence-corrected chi connectivity index (χ0v) is 11.8. The lowest BCUT2D eigenvalue weighted by Gasteiger charge is -2.16. The molecule has 0 aliphatic heterocycles. The fourth-order valence-electron chi connectivity index (χ4n) is 2.11. The molecule has 0 aliphatic rings. The van der Waals surface area contributed by atoms with E-state index in [4.69, 9.17) is 9.47 Å². The van der Waals surface area contributed by atoms with Gasteiger partial charge in [0.05, 0.1) is 20.3 Å². The summed E-state index contributed by atoms with van der Waals surface area (Å²) in [7, 11) is 2.99. The van der Waals surface area contributed by atoms with E-state index in [2.05, 4.69) is 0 Å². The van der Waals surface area contributed by atoms with Crippen molar-refractivity contribution >= 4 is 0 Å². The molecule has 3 nitrogen and oxygen atoms in total. The quantitative estimate of drug-likeness (QED) is 0.920. The number of hydrogen-bond donors (Lipinski definition) is 1. The number of aliphatic hydroxyl groups excluding tert-OH is 1. The predicted molar refractivity (Wildman–Crippen MR) is 74.6 cm³/mol. The van der Waals surface area contributed by atoms with Gasteiger partial charge in [-0.15, -0.1) is 0 Å². The fraction of sp³-hybridized carbons (Fsp3) is 0.250. The number of hydrogen-bond acceptors (Lipinski definition) is 3. The minimum absolute atomic E-state index is 0.00956. The average Bonchev–Trinajstić information content (AvgIpc) is 2.49. The first kappa shape index (κ1) is 15.3. The summed E-state index contributed by atoms with van der Waals surface area (Å²) in [5.74, 6) is -0.295. The van der Waals surface area contributed by atoms with E-state index in [9.17, 15) is 13.9 Å². The van der Waals surface area contributed by atoms with Crippen molar-refractivity contribution in [3.05, 3.63) is 59.2 Å². The molecule has 0 spiro atoms. The van der Waals surface area contributed by atoms with Gasteiger partial charge in [0.1, 0.15) is 23.1 Å².